The number of carbonyl (C=O) groups is 1. The lowest BCUT2D eigenvalue weighted by Gasteiger charge is -2.18. The maximum Gasteiger partial charge on any atom is 0.263 e. The standard InChI is InChI=1S/C25H28N4O2S2/c1-15(2)13-29-24(31)22-19-9-4-16(3)12-20(19)33-23(22)28-25(29)32-14-21(30)27-18-7-5-17(6-8-18)10-11-26/h5-8,15-16H,4,9-10,12-14H2,1-3H3,(H,27,30). The predicted octanol–water partition coefficient (Wildman–Crippen LogP) is 5.04. The summed E-state index contributed by atoms with van der Waals surface area (Å²) >= 11 is 2.95. The third kappa shape index (κ3) is 5.31. The summed E-state index contributed by atoms with van der Waals surface area (Å²) in [5, 5.41) is 13.1. The second kappa shape index (κ2) is 10.1. The van der Waals surface area contributed by atoms with Crippen molar-refractivity contribution < 1.29 is 4.79 Å². The molecule has 0 spiro atoms. The molecule has 1 N–H and O–H groups in total. The van der Waals surface area contributed by atoms with Gasteiger partial charge < -0.3 is 5.32 Å². The first-order valence-corrected chi connectivity index (χ1v) is 13.1. The predicted molar refractivity (Wildman–Crippen MR) is 135 cm³/mol. The van der Waals surface area contributed by atoms with E-state index in [0.29, 0.717) is 29.7 Å². The number of anilines is 1. The van der Waals surface area contributed by atoms with Gasteiger partial charge >= 0.3 is 0 Å². The van der Waals surface area contributed by atoms with Crippen LogP contribution in [0.5, 0.6) is 0 Å². The van der Waals surface area contributed by atoms with Gasteiger partial charge in [0.25, 0.3) is 5.56 Å². The lowest BCUT2D eigenvalue weighted by atomic mass is 9.89. The number of nitrogens with one attached hydrogen (secondary N) is 1. The van der Waals surface area contributed by atoms with Gasteiger partial charge in [-0.2, -0.15) is 5.26 Å². The van der Waals surface area contributed by atoms with Crippen molar-refractivity contribution in [3.63, 3.8) is 0 Å². The molecule has 1 aliphatic carbocycles. The molecule has 33 heavy (non-hydrogen) atoms. The summed E-state index contributed by atoms with van der Waals surface area (Å²) in [6.45, 7) is 7.00. The van der Waals surface area contributed by atoms with Gasteiger partial charge in [-0.15, -0.1) is 11.3 Å². The van der Waals surface area contributed by atoms with Crippen molar-refractivity contribution in [2.75, 3.05) is 11.1 Å². The van der Waals surface area contributed by atoms with Crippen molar-refractivity contribution in [3.05, 3.63) is 50.6 Å². The number of carbonyl (C=O) groups excluding carboxylic acids is 1. The van der Waals surface area contributed by atoms with Crippen LogP contribution in [0.15, 0.2) is 34.2 Å². The average Bonchev–Trinajstić information content (AvgIpc) is 3.13. The number of hydrogen-bond acceptors (Lipinski definition) is 6. The second-order valence-corrected chi connectivity index (χ2v) is 11.1. The molecule has 172 valence electrons. The Morgan fingerprint density at radius 1 is 1.36 bits per heavy atom. The summed E-state index contributed by atoms with van der Waals surface area (Å²) in [6, 6.07) is 9.37. The van der Waals surface area contributed by atoms with E-state index in [-0.39, 0.29) is 23.1 Å². The quantitative estimate of drug-likeness (QED) is 0.378. The van der Waals surface area contributed by atoms with Crippen LogP contribution in [0.2, 0.25) is 0 Å². The van der Waals surface area contributed by atoms with Crippen molar-refractivity contribution in [3.8, 4) is 6.07 Å². The number of nitriles is 1. The number of aromatic nitrogens is 2. The van der Waals surface area contributed by atoms with Crippen LogP contribution in [-0.2, 0) is 30.6 Å². The highest BCUT2D eigenvalue weighted by atomic mass is 32.2. The van der Waals surface area contributed by atoms with Gasteiger partial charge in [0, 0.05) is 17.1 Å². The van der Waals surface area contributed by atoms with E-state index in [9.17, 15) is 9.59 Å². The van der Waals surface area contributed by atoms with E-state index in [0.717, 1.165) is 35.0 Å². The first-order valence-electron chi connectivity index (χ1n) is 11.3. The topological polar surface area (TPSA) is 87.8 Å². The third-order valence-electron chi connectivity index (χ3n) is 5.78. The van der Waals surface area contributed by atoms with Crippen LogP contribution in [0.4, 0.5) is 5.69 Å². The minimum absolute atomic E-state index is 0.0248. The SMILES string of the molecule is CC(C)Cn1c(SCC(=O)Nc2ccc(CC#N)cc2)nc2sc3c(c2c1=O)CCC(C)C3. The first-order chi connectivity index (χ1) is 15.9. The number of fused-ring (bicyclic) bond motifs is 3. The molecule has 1 atom stereocenters. The number of thioether (sulfide) groups is 1. The van der Waals surface area contributed by atoms with E-state index < -0.39 is 0 Å². The van der Waals surface area contributed by atoms with E-state index in [1.807, 2.05) is 12.1 Å². The van der Waals surface area contributed by atoms with Gasteiger partial charge in [0.2, 0.25) is 5.91 Å². The van der Waals surface area contributed by atoms with Crippen LogP contribution >= 0.6 is 23.1 Å². The highest BCUT2D eigenvalue weighted by molar-refractivity contribution is 7.99. The van der Waals surface area contributed by atoms with Gasteiger partial charge in [0.05, 0.1) is 23.6 Å². The zero-order valence-corrected chi connectivity index (χ0v) is 20.8. The summed E-state index contributed by atoms with van der Waals surface area (Å²) < 4.78 is 1.76. The average molecular weight is 481 g/mol. The number of nitrogens with zero attached hydrogens (tertiary/aromatic N) is 3. The zero-order valence-electron chi connectivity index (χ0n) is 19.2. The van der Waals surface area contributed by atoms with Crippen molar-refractivity contribution in [2.24, 2.45) is 11.8 Å². The molecule has 6 nitrogen and oxygen atoms in total. The molecule has 0 saturated heterocycles. The maximum atomic E-state index is 13.5. The fourth-order valence-electron chi connectivity index (χ4n) is 4.17. The Kier molecular flexibility index (Phi) is 7.20. The Bertz CT molecular complexity index is 1270. The zero-order chi connectivity index (χ0) is 23.5. The smallest absolute Gasteiger partial charge is 0.263 e. The van der Waals surface area contributed by atoms with Crippen molar-refractivity contribution in [1.29, 1.82) is 5.26 Å². The molecule has 0 saturated carbocycles. The highest BCUT2D eigenvalue weighted by Crippen LogP contribution is 2.36. The summed E-state index contributed by atoms with van der Waals surface area (Å²) in [7, 11) is 0. The second-order valence-electron chi connectivity index (χ2n) is 9.10. The Morgan fingerprint density at radius 3 is 2.82 bits per heavy atom. The van der Waals surface area contributed by atoms with Gasteiger partial charge in [-0.25, -0.2) is 4.98 Å². The van der Waals surface area contributed by atoms with Crippen molar-refractivity contribution in [2.45, 2.75) is 58.2 Å². The third-order valence-corrected chi connectivity index (χ3v) is 7.91. The molecule has 2 aromatic heterocycles. The number of thiophene rings is 1. The molecule has 3 aromatic rings. The molecule has 4 rings (SSSR count). The molecular weight excluding hydrogens is 452 g/mol. The summed E-state index contributed by atoms with van der Waals surface area (Å²) in [5.41, 5.74) is 2.81. The number of hydrogen-bond donors (Lipinski definition) is 1. The molecule has 2 heterocycles. The lowest BCUT2D eigenvalue weighted by molar-refractivity contribution is -0.113. The molecule has 0 radical (unpaired) electrons. The van der Waals surface area contributed by atoms with Crippen LogP contribution in [0.3, 0.4) is 0 Å². The fraction of sp³-hybridized carbons (Fsp3) is 0.440. The van der Waals surface area contributed by atoms with Gasteiger partial charge in [-0.05, 0) is 54.4 Å². The van der Waals surface area contributed by atoms with Gasteiger partial charge in [0.15, 0.2) is 5.16 Å². The van der Waals surface area contributed by atoms with Crippen LogP contribution in [-0.4, -0.2) is 21.2 Å². The molecular formula is C25H28N4O2S2. The molecule has 0 aliphatic heterocycles. The number of benzene rings is 1. The van der Waals surface area contributed by atoms with E-state index in [2.05, 4.69) is 32.2 Å². The molecule has 0 bridgehead atoms. The normalized spacial score (nSPS) is 15.4. The number of aryl methyl sites for hydroxylation is 1. The molecule has 1 aliphatic rings. The molecule has 8 heteroatoms. The Morgan fingerprint density at radius 2 is 2.12 bits per heavy atom. The van der Waals surface area contributed by atoms with E-state index in [1.165, 1.54) is 22.2 Å². The van der Waals surface area contributed by atoms with Gasteiger partial charge in [-0.1, -0.05) is 44.7 Å². The minimum atomic E-state index is -0.155. The Labute approximate surface area is 202 Å². The summed E-state index contributed by atoms with van der Waals surface area (Å²) in [4.78, 5) is 33.1. The van der Waals surface area contributed by atoms with Crippen molar-refractivity contribution >= 4 is 44.9 Å². The van der Waals surface area contributed by atoms with Gasteiger partial charge in [-0.3, -0.25) is 14.2 Å². The van der Waals surface area contributed by atoms with Crippen LogP contribution in [0.1, 0.15) is 43.2 Å². The van der Waals surface area contributed by atoms with Crippen LogP contribution < -0.4 is 10.9 Å². The van der Waals surface area contributed by atoms with Gasteiger partial charge in [0.1, 0.15) is 4.83 Å². The number of amides is 1. The Balaban J connectivity index is 1.56. The highest BCUT2D eigenvalue weighted by Gasteiger charge is 2.25. The largest absolute Gasteiger partial charge is 0.325 e. The monoisotopic (exact) mass is 480 g/mol. The number of rotatable bonds is 7. The lowest BCUT2D eigenvalue weighted by Crippen LogP contribution is -2.26. The minimum Gasteiger partial charge on any atom is -0.325 e. The molecule has 1 unspecified atom stereocenters. The molecule has 0 fully saturated rings. The first kappa shape index (κ1) is 23.5. The van der Waals surface area contributed by atoms with E-state index in [4.69, 9.17) is 10.2 Å². The van der Waals surface area contributed by atoms with Crippen molar-refractivity contribution in [1.82, 2.24) is 9.55 Å². The van der Waals surface area contributed by atoms with E-state index in [1.54, 1.807) is 28.0 Å². The van der Waals surface area contributed by atoms with E-state index >= 15 is 0 Å². The summed E-state index contributed by atoms with van der Waals surface area (Å²) in [6.07, 6.45) is 3.41. The van der Waals surface area contributed by atoms with Crippen LogP contribution in [0, 0.1) is 23.2 Å². The molecule has 1 aromatic carbocycles. The van der Waals surface area contributed by atoms with Crippen LogP contribution in [0.25, 0.3) is 10.2 Å². The maximum absolute atomic E-state index is 13.5. The Hall–Kier alpha value is -2.63. The summed E-state index contributed by atoms with van der Waals surface area (Å²) in [5.74, 6) is 0.933. The molecule has 1 amide bonds. The fourth-order valence-corrected chi connectivity index (χ4v) is 6.40.